The molecule has 0 aliphatic carbocycles. The van der Waals surface area contributed by atoms with Gasteiger partial charge in [-0.25, -0.2) is 8.42 Å². The maximum Gasteiger partial charge on any atom is 0.237 e. The van der Waals surface area contributed by atoms with E-state index in [2.05, 4.69) is 0 Å². The topological polar surface area (TPSA) is 101 Å². The van der Waals surface area contributed by atoms with Crippen LogP contribution in [0, 0.1) is 0 Å². The van der Waals surface area contributed by atoms with Crippen molar-refractivity contribution in [3.63, 3.8) is 0 Å². The average Bonchev–Trinajstić information content (AvgIpc) is 2.28. The largest absolute Gasteiger partial charge is 0.391 e. The van der Waals surface area contributed by atoms with Gasteiger partial charge in [-0.3, -0.25) is 4.79 Å². The summed E-state index contributed by atoms with van der Waals surface area (Å²) in [7, 11) is -3.56. The second-order valence-corrected chi connectivity index (χ2v) is 6.49. The van der Waals surface area contributed by atoms with Crippen LogP contribution >= 0.6 is 0 Å². The van der Waals surface area contributed by atoms with E-state index in [0.29, 0.717) is 13.1 Å². The fourth-order valence-corrected chi connectivity index (χ4v) is 3.24. The van der Waals surface area contributed by atoms with Crippen LogP contribution in [0.2, 0.25) is 0 Å². The second-order valence-electron chi connectivity index (χ2n) is 4.39. The SMILES string of the molecule is NCC(O)CS(=O)(=O)CC(=O)N1CCCCC1. The number of amides is 1. The predicted octanol–water partition coefficient (Wildman–Crippen LogP) is -1.27. The third-order valence-corrected chi connectivity index (χ3v) is 4.35. The Morgan fingerprint density at radius 1 is 1.29 bits per heavy atom. The van der Waals surface area contributed by atoms with E-state index in [1.54, 1.807) is 4.90 Å². The van der Waals surface area contributed by atoms with Gasteiger partial charge >= 0.3 is 0 Å². The van der Waals surface area contributed by atoms with Crippen molar-refractivity contribution in [3.05, 3.63) is 0 Å². The van der Waals surface area contributed by atoms with Crippen molar-refractivity contribution in [2.24, 2.45) is 5.73 Å². The molecule has 100 valence electrons. The minimum Gasteiger partial charge on any atom is -0.391 e. The molecule has 3 N–H and O–H groups in total. The summed E-state index contributed by atoms with van der Waals surface area (Å²) in [5, 5.41) is 9.19. The number of aliphatic hydroxyl groups excluding tert-OH is 1. The number of likely N-dealkylation sites (tertiary alicyclic amines) is 1. The van der Waals surface area contributed by atoms with Crippen LogP contribution in [0.4, 0.5) is 0 Å². The molecule has 1 rings (SSSR count). The summed E-state index contributed by atoms with van der Waals surface area (Å²) >= 11 is 0. The first-order chi connectivity index (χ1) is 7.94. The van der Waals surface area contributed by atoms with Crippen LogP contribution in [0.25, 0.3) is 0 Å². The molecule has 0 aromatic carbocycles. The first kappa shape index (κ1) is 14.4. The molecule has 7 heteroatoms. The molecule has 1 atom stereocenters. The van der Waals surface area contributed by atoms with Gasteiger partial charge in [0.15, 0.2) is 9.84 Å². The highest BCUT2D eigenvalue weighted by molar-refractivity contribution is 7.92. The summed E-state index contributed by atoms with van der Waals surface area (Å²) in [5.74, 6) is -1.33. The Morgan fingerprint density at radius 3 is 2.41 bits per heavy atom. The summed E-state index contributed by atoms with van der Waals surface area (Å²) < 4.78 is 23.2. The number of sulfone groups is 1. The van der Waals surface area contributed by atoms with E-state index in [1.807, 2.05) is 0 Å². The summed E-state index contributed by atoms with van der Waals surface area (Å²) in [6, 6.07) is 0. The van der Waals surface area contributed by atoms with Gasteiger partial charge in [-0.15, -0.1) is 0 Å². The van der Waals surface area contributed by atoms with Crippen LogP contribution in [0.3, 0.4) is 0 Å². The van der Waals surface area contributed by atoms with Crippen molar-refractivity contribution in [2.45, 2.75) is 25.4 Å². The fraction of sp³-hybridized carbons (Fsp3) is 0.900. The minimum absolute atomic E-state index is 0.114. The fourth-order valence-electron chi connectivity index (χ4n) is 1.84. The van der Waals surface area contributed by atoms with E-state index < -0.39 is 27.4 Å². The van der Waals surface area contributed by atoms with Gasteiger partial charge in [0.25, 0.3) is 0 Å². The summed E-state index contributed by atoms with van der Waals surface area (Å²) in [6.45, 7) is 1.15. The maximum atomic E-state index is 11.7. The molecule has 0 spiro atoms. The zero-order valence-electron chi connectivity index (χ0n) is 9.84. The van der Waals surface area contributed by atoms with Crippen LogP contribution < -0.4 is 5.73 Å². The van der Waals surface area contributed by atoms with E-state index in [0.717, 1.165) is 19.3 Å². The Balaban J connectivity index is 2.48. The van der Waals surface area contributed by atoms with E-state index in [4.69, 9.17) is 5.73 Å². The average molecular weight is 264 g/mol. The van der Waals surface area contributed by atoms with Crippen molar-refractivity contribution in [2.75, 3.05) is 31.1 Å². The first-order valence-corrected chi connectivity index (χ1v) is 7.63. The van der Waals surface area contributed by atoms with Crippen molar-refractivity contribution in [1.82, 2.24) is 4.90 Å². The number of hydrogen-bond acceptors (Lipinski definition) is 5. The van der Waals surface area contributed by atoms with Crippen LogP contribution in [0.5, 0.6) is 0 Å². The lowest BCUT2D eigenvalue weighted by molar-refractivity contribution is -0.129. The molecule has 0 radical (unpaired) electrons. The zero-order chi connectivity index (χ0) is 12.9. The van der Waals surface area contributed by atoms with Gasteiger partial charge in [-0.1, -0.05) is 0 Å². The van der Waals surface area contributed by atoms with Gasteiger partial charge in [-0.05, 0) is 19.3 Å². The molecule has 0 aromatic rings. The van der Waals surface area contributed by atoms with Gasteiger partial charge in [-0.2, -0.15) is 0 Å². The van der Waals surface area contributed by atoms with Crippen molar-refractivity contribution in [1.29, 1.82) is 0 Å². The maximum absolute atomic E-state index is 11.7. The molecular formula is C10H20N2O4S. The number of carbonyl (C=O) groups excluding carboxylic acids is 1. The molecule has 1 amide bonds. The molecular weight excluding hydrogens is 244 g/mol. The molecule has 17 heavy (non-hydrogen) atoms. The highest BCUT2D eigenvalue weighted by Crippen LogP contribution is 2.09. The van der Waals surface area contributed by atoms with Gasteiger partial charge in [0.2, 0.25) is 5.91 Å². The lowest BCUT2D eigenvalue weighted by Crippen LogP contribution is -2.41. The molecule has 1 unspecified atom stereocenters. The van der Waals surface area contributed by atoms with E-state index >= 15 is 0 Å². The molecule has 1 aliphatic rings. The minimum atomic E-state index is -3.56. The summed E-state index contributed by atoms with van der Waals surface area (Å²) in [5.41, 5.74) is 5.14. The molecule has 1 aliphatic heterocycles. The molecule has 1 heterocycles. The van der Waals surface area contributed by atoms with Gasteiger partial charge < -0.3 is 15.7 Å². The van der Waals surface area contributed by atoms with Crippen molar-refractivity contribution < 1.29 is 18.3 Å². The number of nitrogens with zero attached hydrogens (tertiary/aromatic N) is 1. The number of nitrogens with two attached hydrogens (primary N) is 1. The molecule has 6 nitrogen and oxygen atoms in total. The van der Waals surface area contributed by atoms with Crippen LogP contribution in [-0.2, 0) is 14.6 Å². The van der Waals surface area contributed by atoms with Gasteiger partial charge in [0.05, 0.1) is 11.9 Å². The Morgan fingerprint density at radius 2 is 1.88 bits per heavy atom. The second kappa shape index (κ2) is 6.32. The van der Waals surface area contributed by atoms with Crippen LogP contribution in [0.1, 0.15) is 19.3 Å². The van der Waals surface area contributed by atoms with E-state index in [1.165, 1.54) is 0 Å². The quantitative estimate of drug-likeness (QED) is 0.645. The number of rotatable bonds is 5. The van der Waals surface area contributed by atoms with Crippen LogP contribution in [0.15, 0.2) is 0 Å². The monoisotopic (exact) mass is 264 g/mol. The normalized spacial score (nSPS) is 19.1. The third kappa shape index (κ3) is 5.01. The molecule has 1 fully saturated rings. The van der Waals surface area contributed by atoms with E-state index in [-0.39, 0.29) is 12.5 Å². The molecule has 0 bridgehead atoms. The number of hydrogen-bond donors (Lipinski definition) is 2. The predicted molar refractivity (Wildman–Crippen MR) is 64.1 cm³/mol. The van der Waals surface area contributed by atoms with Crippen molar-refractivity contribution >= 4 is 15.7 Å². The standard InChI is InChI=1S/C10H20N2O4S/c11-6-9(13)7-17(15,16)8-10(14)12-4-2-1-3-5-12/h9,13H,1-8,11H2. The van der Waals surface area contributed by atoms with Crippen molar-refractivity contribution in [3.8, 4) is 0 Å². The highest BCUT2D eigenvalue weighted by Gasteiger charge is 2.24. The molecule has 0 saturated carbocycles. The smallest absolute Gasteiger partial charge is 0.237 e. The molecule has 1 saturated heterocycles. The van der Waals surface area contributed by atoms with Crippen LogP contribution in [-0.4, -0.2) is 61.6 Å². The Bertz CT molecular complexity index is 349. The van der Waals surface area contributed by atoms with Gasteiger partial charge in [0, 0.05) is 19.6 Å². The van der Waals surface area contributed by atoms with Gasteiger partial charge in [0.1, 0.15) is 5.75 Å². The third-order valence-electron chi connectivity index (χ3n) is 2.77. The number of piperidine rings is 1. The zero-order valence-corrected chi connectivity index (χ0v) is 10.7. The summed E-state index contributed by atoms with van der Waals surface area (Å²) in [4.78, 5) is 13.3. The first-order valence-electron chi connectivity index (χ1n) is 5.81. The Hall–Kier alpha value is -0.660. The molecule has 0 aromatic heterocycles. The number of carbonyl (C=O) groups is 1. The summed E-state index contributed by atoms with van der Waals surface area (Å²) in [6.07, 6.45) is 1.85. The lowest BCUT2D eigenvalue weighted by Gasteiger charge is -2.26. The van der Waals surface area contributed by atoms with E-state index in [9.17, 15) is 18.3 Å². The Labute approximate surface area is 102 Å². The highest BCUT2D eigenvalue weighted by atomic mass is 32.2. The Kier molecular flexibility index (Phi) is 5.35. The number of aliphatic hydroxyl groups is 1. The lowest BCUT2D eigenvalue weighted by atomic mass is 10.1.